The molecule has 0 bridgehead atoms. The fraction of sp³-hybridized carbons (Fsp3) is 0.133. The number of rotatable bonds is 4. The summed E-state index contributed by atoms with van der Waals surface area (Å²) in [6.07, 6.45) is 0. The van der Waals surface area contributed by atoms with Crippen molar-refractivity contribution in [2.45, 2.75) is 4.90 Å². The van der Waals surface area contributed by atoms with E-state index in [1.165, 1.54) is 50.5 Å². The van der Waals surface area contributed by atoms with Crippen LogP contribution in [-0.2, 0) is 10.0 Å². The van der Waals surface area contributed by atoms with Crippen LogP contribution in [0.3, 0.4) is 0 Å². The first kappa shape index (κ1) is 16.1. The Hall–Kier alpha value is -2.25. The van der Waals surface area contributed by atoms with Gasteiger partial charge in [0.05, 0.1) is 10.5 Å². The van der Waals surface area contributed by atoms with Crippen LogP contribution in [0.25, 0.3) is 0 Å². The van der Waals surface area contributed by atoms with E-state index in [0.29, 0.717) is 0 Å². The molecule has 0 unspecified atom stereocenters. The first-order valence-corrected chi connectivity index (χ1v) is 7.75. The van der Waals surface area contributed by atoms with E-state index < -0.39 is 21.8 Å². The fourth-order valence-corrected chi connectivity index (χ4v) is 2.61. The van der Waals surface area contributed by atoms with Crippen molar-refractivity contribution in [3.05, 3.63) is 59.9 Å². The summed E-state index contributed by atoms with van der Waals surface area (Å²) in [5.74, 6) is -0.992. The van der Waals surface area contributed by atoms with Crippen LogP contribution in [0.15, 0.2) is 53.4 Å². The molecule has 0 saturated heterocycles. The third-order valence-corrected chi connectivity index (χ3v) is 4.68. The third kappa shape index (κ3) is 3.49. The normalized spacial score (nSPS) is 11.5. The molecule has 2 aromatic rings. The molecule has 0 radical (unpaired) electrons. The number of hydrogen-bond acceptors (Lipinski definition) is 4. The lowest BCUT2D eigenvalue weighted by Gasteiger charge is -2.12. The smallest absolute Gasteiger partial charge is 0.343 e. The molecule has 0 atom stereocenters. The second-order valence-electron chi connectivity index (χ2n) is 4.66. The van der Waals surface area contributed by atoms with Crippen LogP contribution < -0.4 is 4.74 Å². The van der Waals surface area contributed by atoms with Crippen molar-refractivity contribution in [1.29, 1.82) is 0 Å². The molecule has 116 valence electrons. The van der Waals surface area contributed by atoms with E-state index in [1.54, 1.807) is 0 Å². The SMILES string of the molecule is CN(C)S(=O)(=O)c1cccc(C(=O)Oc2ccc(F)cc2)c1. The Morgan fingerprint density at radius 2 is 1.73 bits per heavy atom. The van der Waals surface area contributed by atoms with Gasteiger partial charge in [0, 0.05) is 14.1 Å². The van der Waals surface area contributed by atoms with Crippen LogP contribution in [0.1, 0.15) is 10.4 Å². The summed E-state index contributed by atoms with van der Waals surface area (Å²) >= 11 is 0. The highest BCUT2D eigenvalue weighted by Gasteiger charge is 2.19. The highest BCUT2D eigenvalue weighted by Crippen LogP contribution is 2.17. The Morgan fingerprint density at radius 1 is 1.09 bits per heavy atom. The maximum absolute atomic E-state index is 12.8. The van der Waals surface area contributed by atoms with Crippen molar-refractivity contribution < 1.29 is 22.3 Å². The predicted octanol–water partition coefficient (Wildman–Crippen LogP) is 2.30. The maximum Gasteiger partial charge on any atom is 0.343 e. The maximum atomic E-state index is 12.8. The number of ether oxygens (including phenoxy) is 1. The first-order chi connectivity index (χ1) is 10.3. The Kier molecular flexibility index (Phi) is 4.58. The van der Waals surface area contributed by atoms with Crippen molar-refractivity contribution in [2.75, 3.05) is 14.1 Å². The van der Waals surface area contributed by atoms with Gasteiger partial charge in [-0.2, -0.15) is 0 Å². The van der Waals surface area contributed by atoms with Crippen LogP contribution in [0, 0.1) is 5.82 Å². The third-order valence-electron chi connectivity index (χ3n) is 2.87. The molecule has 0 N–H and O–H groups in total. The average Bonchev–Trinajstić information content (AvgIpc) is 2.49. The number of benzene rings is 2. The predicted molar refractivity (Wildman–Crippen MR) is 78.7 cm³/mol. The van der Waals surface area contributed by atoms with Crippen LogP contribution in [0.4, 0.5) is 4.39 Å². The van der Waals surface area contributed by atoms with E-state index in [1.807, 2.05) is 0 Å². The van der Waals surface area contributed by atoms with E-state index in [2.05, 4.69) is 0 Å². The molecule has 0 aliphatic carbocycles. The van der Waals surface area contributed by atoms with Crippen LogP contribution >= 0.6 is 0 Å². The zero-order valence-corrected chi connectivity index (χ0v) is 12.8. The summed E-state index contributed by atoms with van der Waals surface area (Å²) in [6, 6.07) is 10.5. The Labute approximate surface area is 128 Å². The van der Waals surface area contributed by atoms with E-state index in [0.717, 1.165) is 16.4 Å². The molecule has 5 nitrogen and oxygen atoms in total. The Balaban J connectivity index is 2.26. The second kappa shape index (κ2) is 6.25. The summed E-state index contributed by atoms with van der Waals surface area (Å²) in [7, 11) is -0.832. The fourth-order valence-electron chi connectivity index (χ4n) is 1.66. The topological polar surface area (TPSA) is 63.7 Å². The number of halogens is 1. The summed E-state index contributed by atoms with van der Waals surface area (Å²) in [5.41, 5.74) is 0.0900. The van der Waals surface area contributed by atoms with Crippen LogP contribution in [0.5, 0.6) is 5.75 Å². The average molecular weight is 323 g/mol. The van der Waals surface area contributed by atoms with E-state index >= 15 is 0 Å². The van der Waals surface area contributed by atoms with Gasteiger partial charge in [-0.05, 0) is 42.5 Å². The minimum absolute atomic E-state index is 0.00828. The van der Waals surface area contributed by atoms with Gasteiger partial charge >= 0.3 is 5.97 Å². The van der Waals surface area contributed by atoms with Gasteiger partial charge in [0.2, 0.25) is 10.0 Å². The van der Waals surface area contributed by atoms with Gasteiger partial charge in [0.1, 0.15) is 11.6 Å². The molecule has 0 saturated carbocycles. The molecular weight excluding hydrogens is 309 g/mol. The van der Waals surface area contributed by atoms with E-state index in [-0.39, 0.29) is 16.2 Å². The van der Waals surface area contributed by atoms with Crippen molar-refractivity contribution in [3.63, 3.8) is 0 Å². The number of esters is 1. The standard InChI is InChI=1S/C15H14FNO4S/c1-17(2)22(19,20)14-5-3-4-11(10-14)15(18)21-13-8-6-12(16)7-9-13/h3-10H,1-2H3. The molecule has 0 spiro atoms. The van der Waals surface area contributed by atoms with Crippen LogP contribution in [-0.4, -0.2) is 32.8 Å². The van der Waals surface area contributed by atoms with Crippen LogP contribution in [0.2, 0.25) is 0 Å². The second-order valence-corrected chi connectivity index (χ2v) is 6.81. The Morgan fingerprint density at radius 3 is 2.32 bits per heavy atom. The largest absolute Gasteiger partial charge is 0.423 e. The quantitative estimate of drug-likeness (QED) is 0.640. The van der Waals surface area contributed by atoms with Gasteiger partial charge in [0.15, 0.2) is 0 Å². The highest BCUT2D eigenvalue weighted by molar-refractivity contribution is 7.89. The molecule has 0 fully saturated rings. The monoisotopic (exact) mass is 323 g/mol. The molecule has 2 aromatic carbocycles. The van der Waals surface area contributed by atoms with Crippen molar-refractivity contribution >= 4 is 16.0 Å². The van der Waals surface area contributed by atoms with Gasteiger partial charge < -0.3 is 4.74 Å². The number of hydrogen-bond donors (Lipinski definition) is 0. The minimum atomic E-state index is -3.64. The summed E-state index contributed by atoms with van der Waals surface area (Å²) in [5, 5.41) is 0. The number of sulfonamides is 1. The molecule has 0 aliphatic rings. The molecule has 0 heterocycles. The molecule has 0 aromatic heterocycles. The first-order valence-electron chi connectivity index (χ1n) is 6.31. The Bertz CT molecular complexity index is 785. The van der Waals surface area contributed by atoms with Crippen molar-refractivity contribution in [1.82, 2.24) is 4.31 Å². The van der Waals surface area contributed by atoms with Gasteiger partial charge in [0.25, 0.3) is 0 Å². The van der Waals surface area contributed by atoms with Gasteiger partial charge in [-0.1, -0.05) is 6.07 Å². The highest BCUT2D eigenvalue weighted by atomic mass is 32.2. The molecule has 7 heteroatoms. The van der Waals surface area contributed by atoms with Crippen molar-refractivity contribution in [2.24, 2.45) is 0 Å². The molecule has 2 rings (SSSR count). The lowest BCUT2D eigenvalue weighted by Crippen LogP contribution is -2.22. The van der Waals surface area contributed by atoms with Crippen molar-refractivity contribution in [3.8, 4) is 5.75 Å². The molecular formula is C15H14FNO4S. The van der Waals surface area contributed by atoms with Gasteiger partial charge in [-0.25, -0.2) is 21.9 Å². The van der Waals surface area contributed by atoms with E-state index in [4.69, 9.17) is 4.74 Å². The zero-order chi connectivity index (χ0) is 16.3. The molecule has 0 aliphatic heterocycles. The van der Waals surface area contributed by atoms with Gasteiger partial charge in [-0.15, -0.1) is 0 Å². The summed E-state index contributed by atoms with van der Waals surface area (Å²) in [6.45, 7) is 0. The van der Waals surface area contributed by atoms with Gasteiger partial charge in [-0.3, -0.25) is 0 Å². The lowest BCUT2D eigenvalue weighted by atomic mass is 10.2. The summed E-state index contributed by atoms with van der Waals surface area (Å²) < 4.78 is 43.0. The summed E-state index contributed by atoms with van der Waals surface area (Å²) in [4.78, 5) is 12.0. The molecule has 0 amide bonds. The van der Waals surface area contributed by atoms with E-state index in [9.17, 15) is 17.6 Å². The minimum Gasteiger partial charge on any atom is -0.423 e. The lowest BCUT2D eigenvalue weighted by molar-refractivity contribution is 0.0734. The molecule has 22 heavy (non-hydrogen) atoms. The number of nitrogens with zero attached hydrogens (tertiary/aromatic N) is 1. The zero-order valence-electron chi connectivity index (χ0n) is 12.0. The number of carbonyl (C=O) groups excluding carboxylic acids is 1. The number of carbonyl (C=O) groups is 1.